The molecule has 1 aliphatic rings. The third-order valence-corrected chi connectivity index (χ3v) is 9.56. The van der Waals surface area contributed by atoms with Crippen LogP contribution in [0.4, 0.5) is 5.69 Å². The molecule has 5 aromatic rings. The third kappa shape index (κ3) is 3.62. The zero-order valence-corrected chi connectivity index (χ0v) is 21.1. The van der Waals surface area contributed by atoms with Gasteiger partial charge in [-0.2, -0.15) is 4.31 Å². The largest absolute Gasteiger partial charge is 0.270 e. The number of non-ortho nitro benzene ring substituents is 1. The van der Waals surface area contributed by atoms with E-state index in [1.165, 1.54) is 22.5 Å². The highest BCUT2D eigenvalue weighted by Crippen LogP contribution is 2.36. The maximum atomic E-state index is 13.1. The number of nitrogens with zero attached hydrogens (tertiary/aromatic N) is 7. The van der Waals surface area contributed by atoms with Crippen molar-refractivity contribution < 1.29 is 13.3 Å². The quantitative estimate of drug-likeness (QED) is 0.255. The van der Waals surface area contributed by atoms with Crippen molar-refractivity contribution in [1.82, 2.24) is 28.9 Å². The molecule has 184 valence electrons. The first-order valence-corrected chi connectivity index (χ1v) is 13.6. The average molecular weight is 524 g/mol. The SMILES string of the molecule is Cc1cc(C)c2c(n1)sc1c2ncn2nc(C3CCN(S(=O)(=O)c4cccc([N+](=O)[O-])c4)CC3)nc12. The molecule has 1 saturated heterocycles. The Hall–Kier alpha value is -3.55. The summed E-state index contributed by atoms with van der Waals surface area (Å²) in [5.74, 6) is 0.656. The second kappa shape index (κ2) is 8.25. The predicted octanol–water partition coefficient (Wildman–Crippen LogP) is 3.98. The van der Waals surface area contributed by atoms with Crippen molar-refractivity contribution in [2.45, 2.75) is 37.5 Å². The number of aryl methyl sites for hydroxylation is 2. The van der Waals surface area contributed by atoms with E-state index in [2.05, 4.69) is 22.0 Å². The Kier molecular flexibility index (Phi) is 5.24. The molecule has 4 aromatic heterocycles. The van der Waals surface area contributed by atoms with Gasteiger partial charge in [0.2, 0.25) is 10.0 Å². The molecular weight excluding hydrogens is 502 g/mol. The molecule has 0 aliphatic carbocycles. The van der Waals surface area contributed by atoms with Crippen LogP contribution in [0.15, 0.2) is 41.6 Å². The lowest BCUT2D eigenvalue weighted by Gasteiger charge is -2.29. The lowest BCUT2D eigenvalue weighted by molar-refractivity contribution is -0.385. The van der Waals surface area contributed by atoms with Gasteiger partial charge in [-0.25, -0.2) is 27.9 Å². The Balaban J connectivity index is 1.28. The Labute approximate surface area is 209 Å². The molecule has 36 heavy (non-hydrogen) atoms. The van der Waals surface area contributed by atoms with Gasteiger partial charge in [-0.1, -0.05) is 6.07 Å². The number of thiophene rings is 1. The molecule has 0 unspecified atom stereocenters. The molecule has 0 spiro atoms. The second-order valence-electron chi connectivity index (χ2n) is 8.96. The minimum atomic E-state index is -3.83. The minimum absolute atomic E-state index is 0.00649. The molecule has 1 aromatic carbocycles. The van der Waals surface area contributed by atoms with E-state index < -0.39 is 14.9 Å². The normalized spacial score (nSPS) is 15.8. The summed E-state index contributed by atoms with van der Waals surface area (Å²) in [7, 11) is -3.83. The average Bonchev–Trinajstić information content (AvgIpc) is 3.45. The van der Waals surface area contributed by atoms with Crippen molar-refractivity contribution in [2.24, 2.45) is 0 Å². The summed E-state index contributed by atoms with van der Waals surface area (Å²) in [6.07, 6.45) is 2.77. The fourth-order valence-corrected chi connectivity index (χ4v) is 7.55. The van der Waals surface area contributed by atoms with Crippen LogP contribution in [0.3, 0.4) is 0 Å². The smallest absolute Gasteiger partial charge is 0.258 e. The number of hydrogen-bond donors (Lipinski definition) is 0. The first-order chi connectivity index (χ1) is 17.2. The number of sulfonamides is 1. The summed E-state index contributed by atoms with van der Waals surface area (Å²) >= 11 is 1.55. The topological polar surface area (TPSA) is 136 Å². The number of piperidine rings is 1. The van der Waals surface area contributed by atoms with Crippen LogP contribution in [0.1, 0.15) is 35.8 Å². The number of benzene rings is 1. The van der Waals surface area contributed by atoms with E-state index in [4.69, 9.17) is 4.98 Å². The fourth-order valence-electron chi connectivity index (χ4n) is 4.82. The van der Waals surface area contributed by atoms with Crippen molar-refractivity contribution in [1.29, 1.82) is 0 Å². The van der Waals surface area contributed by atoms with Gasteiger partial charge in [0.15, 0.2) is 11.5 Å². The van der Waals surface area contributed by atoms with Gasteiger partial charge in [-0.05, 0) is 44.4 Å². The van der Waals surface area contributed by atoms with E-state index in [1.807, 2.05) is 13.0 Å². The highest BCUT2D eigenvalue weighted by Gasteiger charge is 2.32. The lowest BCUT2D eigenvalue weighted by atomic mass is 9.98. The zero-order valence-electron chi connectivity index (χ0n) is 19.4. The van der Waals surface area contributed by atoms with Crippen molar-refractivity contribution in [2.75, 3.05) is 13.1 Å². The van der Waals surface area contributed by atoms with Crippen LogP contribution in [0.5, 0.6) is 0 Å². The van der Waals surface area contributed by atoms with E-state index in [0.717, 1.165) is 43.4 Å². The van der Waals surface area contributed by atoms with Crippen LogP contribution in [-0.2, 0) is 10.0 Å². The second-order valence-corrected chi connectivity index (χ2v) is 11.9. The number of fused-ring (bicyclic) bond motifs is 5. The Morgan fingerprint density at radius 2 is 1.92 bits per heavy atom. The molecule has 1 aliphatic heterocycles. The van der Waals surface area contributed by atoms with Gasteiger partial charge < -0.3 is 0 Å². The summed E-state index contributed by atoms with van der Waals surface area (Å²) in [6.45, 7) is 4.59. The highest BCUT2D eigenvalue weighted by molar-refractivity contribution is 7.89. The van der Waals surface area contributed by atoms with Gasteiger partial charge in [0.1, 0.15) is 15.9 Å². The van der Waals surface area contributed by atoms with Crippen LogP contribution < -0.4 is 0 Å². The van der Waals surface area contributed by atoms with Gasteiger partial charge in [0.25, 0.3) is 5.69 Å². The van der Waals surface area contributed by atoms with Crippen LogP contribution in [0.2, 0.25) is 0 Å². The molecule has 0 saturated carbocycles. The van der Waals surface area contributed by atoms with Gasteiger partial charge >= 0.3 is 0 Å². The fraction of sp³-hybridized carbons (Fsp3) is 0.304. The summed E-state index contributed by atoms with van der Waals surface area (Å²) < 4.78 is 30.2. The summed E-state index contributed by atoms with van der Waals surface area (Å²) in [5.41, 5.74) is 3.42. The molecule has 5 heterocycles. The number of hydrogen-bond acceptors (Lipinski definition) is 9. The third-order valence-electron chi connectivity index (χ3n) is 6.59. The number of rotatable bonds is 4. The van der Waals surface area contributed by atoms with E-state index >= 15 is 0 Å². The number of pyridine rings is 1. The van der Waals surface area contributed by atoms with E-state index in [1.54, 1.807) is 22.2 Å². The molecule has 1 fully saturated rings. The summed E-state index contributed by atoms with van der Waals surface area (Å²) in [4.78, 5) is 25.5. The van der Waals surface area contributed by atoms with Gasteiger partial charge in [-0.15, -0.1) is 16.4 Å². The minimum Gasteiger partial charge on any atom is -0.258 e. The standard InChI is InChI=1S/C23H21N7O4S2/c1-13-10-14(2)25-23-18(13)19-20(35-23)22-26-21(27-29(22)12-24-19)15-6-8-28(9-7-15)36(33,34)17-5-3-4-16(11-17)30(31)32/h3-5,10-12,15H,6-9H2,1-2H3. The molecule has 11 nitrogen and oxygen atoms in total. The van der Waals surface area contributed by atoms with E-state index in [-0.39, 0.29) is 29.6 Å². The van der Waals surface area contributed by atoms with Crippen molar-refractivity contribution in [3.63, 3.8) is 0 Å². The molecular formula is C23H21N7O4S2. The van der Waals surface area contributed by atoms with Crippen molar-refractivity contribution in [3.05, 3.63) is 63.9 Å². The molecule has 6 rings (SSSR count). The number of nitro benzene ring substituents is 1. The van der Waals surface area contributed by atoms with Crippen LogP contribution >= 0.6 is 11.3 Å². The number of aromatic nitrogens is 5. The zero-order chi connectivity index (χ0) is 25.2. The van der Waals surface area contributed by atoms with Crippen LogP contribution in [0, 0.1) is 24.0 Å². The Morgan fingerprint density at radius 1 is 1.14 bits per heavy atom. The van der Waals surface area contributed by atoms with Gasteiger partial charge in [0, 0.05) is 42.2 Å². The summed E-state index contributed by atoms with van der Waals surface area (Å²) in [5, 5.41) is 16.8. The van der Waals surface area contributed by atoms with Crippen LogP contribution in [-0.4, -0.2) is 55.3 Å². The first kappa shape index (κ1) is 22.9. The molecule has 0 atom stereocenters. The number of nitro groups is 1. The highest BCUT2D eigenvalue weighted by atomic mass is 32.2. The van der Waals surface area contributed by atoms with Crippen LogP contribution in [0.25, 0.3) is 26.1 Å². The molecule has 0 amide bonds. The monoisotopic (exact) mass is 523 g/mol. The lowest BCUT2D eigenvalue weighted by Crippen LogP contribution is -2.38. The van der Waals surface area contributed by atoms with E-state index in [0.29, 0.717) is 18.7 Å². The molecule has 13 heteroatoms. The first-order valence-electron chi connectivity index (χ1n) is 11.4. The summed E-state index contributed by atoms with van der Waals surface area (Å²) in [6, 6.07) is 7.21. The van der Waals surface area contributed by atoms with Gasteiger partial charge in [-0.3, -0.25) is 10.1 Å². The van der Waals surface area contributed by atoms with Crippen molar-refractivity contribution >= 4 is 53.1 Å². The predicted molar refractivity (Wildman–Crippen MR) is 135 cm³/mol. The van der Waals surface area contributed by atoms with Gasteiger partial charge in [0.05, 0.1) is 15.3 Å². The van der Waals surface area contributed by atoms with E-state index in [9.17, 15) is 18.5 Å². The van der Waals surface area contributed by atoms with Crippen molar-refractivity contribution in [3.8, 4) is 0 Å². The maximum Gasteiger partial charge on any atom is 0.270 e. The Morgan fingerprint density at radius 3 is 2.67 bits per heavy atom. The molecule has 0 radical (unpaired) electrons. The Bertz CT molecular complexity index is 1790. The maximum absolute atomic E-state index is 13.1. The molecule has 0 bridgehead atoms. The molecule has 0 N–H and O–H groups in total.